The lowest BCUT2D eigenvalue weighted by Gasteiger charge is -2.14. The Bertz CT molecular complexity index is 193. The van der Waals surface area contributed by atoms with Crippen LogP contribution in [0.15, 0.2) is 0 Å². The van der Waals surface area contributed by atoms with Crippen LogP contribution in [0, 0.1) is 5.41 Å². The number of nitrogens with one attached hydrogen (secondary N) is 1. The molecule has 1 atom stereocenters. The molecule has 0 aromatic rings. The third-order valence-electron chi connectivity index (χ3n) is 3.49. The van der Waals surface area contributed by atoms with Crippen LogP contribution in [0.5, 0.6) is 0 Å². The van der Waals surface area contributed by atoms with Gasteiger partial charge in [-0.05, 0) is 24.7 Å². The number of unbranched alkanes of at least 4 members (excludes halogenated alkanes) is 3. The van der Waals surface area contributed by atoms with Crippen molar-refractivity contribution in [1.82, 2.24) is 5.32 Å². The molecule has 0 spiro atoms. The molecule has 3 nitrogen and oxygen atoms in total. The van der Waals surface area contributed by atoms with Gasteiger partial charge in [0.05, 0.1) is 12.7 Å². The zero-order chi connectivity index (χ0) is 12.6. The third kappa shape index (κ3) is 7.74. The molecule has 0 bridgehead atoms. The largest absolute Gasteiger partial charge is 0.389 e. The molecule has 2 N–H and O–H groups in total. The second-order valence-corrected chi connectivity index (χ2v) is 5.73. The Morgan fingerprint density at radius 2 is 2.06 bits per heavy atom. The summed E-state index contributed by atoms with van der Waals surface area (Å²) in [4.78, 5) is 0. The van der Waals surface area contributed by atoms with Crippen LogP contribution in [0.4, 0.5) is 0 Å². The highest BCUT2D eigenvalue weighted by atomic mass is 16.5. The van der Waals surface area contributed by atoms with Crippen LogP contribution in [0.25, 0.3) is 0 Å². The zero-order valence-electron chi connectivity index (χ0n) is 11.5. The van der Waals surface area contributed by atoms with Crippen molar-refractivity contribution in [2.45, 2.75) is 58.5 Å². The molecular weight excluding hydrogens is 214 g/mol. The Balaban J connectivity index is 1.82. The number of rotatable bonds is 11. The molecule has 102 valence electrons. The van der Waals surface area contributed by atoms with Gasteiger partial charge in [0.1, 0.15) is 0 Å². The van der Waals surface area contributed by atoms with Gasteiger partial charge in [-0.2, -0.15) is 0 Å². The number of aliphatic hydroxyl groups is 1. The van der Waals surface area contributed by atoms with Crippen LogP contribution in [0.2, 0.25) is 0 Å². The molecule has 0 aromatic carbocycles. The van der Waals surface area contributed by atoms with Crippen LogP contribution in [-0.2, 0) is 4.74 Å². The summed E-state index contributed by atoms with van der Waals surface area (Å²) < 4.78 is 5.45. The Kier molecular flexibility index (Phi) is 7.09. The Morgan fingerprint density at radius 1 is 1.29 bits per heavy atom. The van der Waals surface area contributed by atoms with E-state index in [-0.39, 0.29) is 6.10 Å². The van der Waals surface area contributed by atoms with E-state index in [1.807, 2.05) is 0 Å². The van der Waals surface area contributed by atoms with E-state index in [1.165, 1.54) is 32.1 Å². The monoisotopic (exact) mass is 243 g/mol. The minimum absolute atomic E-state index is 0.358. The summed E-state index contributed by atoms with van der Waals surface area (Å²) in [5, 5.41) is 13.0. The molecule has 1 fully saturated rings. The summed E-state index contributed by atoms with van der Waals surface area (Å²) >= 11 is 0. The van der Waals surface area contributed by atoms with Crippen molar-refractivity contribution in [3.05, 3.63) is 0 Å². The minimum atomic E-state index is -0.358. The van der Waals surface area contributed by atoms with Gasteiger partial charge in [-0.15, -0.1) is 0 Å². The number of aliphatic hydroxyl groups excluding tert-OH is 1. The molecule has 3 heteroatoms. The van der Waals surface area contributed by atoms with Crippen LogP contribution < -0.4 is 5.32 Å². The Hall–Kier alpha value is -0.120. The highest BCUT2D eigenvalue weighted by Crippen LogP contribution is 2.43. The molecule has 0 saturated heterocycles. The normalized spacial score (nSPS) is 19.2. The minimum Gasteiger partial charge on any atom is -0.389 e. The maximum absolute atomic E-state index is 9.68. The van der Waals surface area contributed by atoms with Gasteiger partial charge in [0.2, 0.25) is 0 Å². The van der Waals surface area contributed by atoms with Crippen molar-refractivity contribution in [1.29, 1.82) is 0 Å². The Morgan fingerprint density at radius 3 is 2.71 bits per heavy atom. The third-order valence-corrected chi connectivity index (χ3v) is 3.49. The molecule has 0 aliphatic heterocycles. The average molecular weight is 243 g/mol. The first-order valence-electron chi connectivity index (χ1n) is 7.13. The van der Waals surface area contributed by atoms with E-state index < -0.39 is 0 Å². The zero-order valence-corrected chi connectivity index (χ0v) is 11.5. The fourth-order valence-corrected chi connectivity index (χ4v) is 1.84. The van der Waals surface area contributed by atoms with E-state index in [0.717, 1.165) is 19.6 Å². The number of ether oxygens (including phenoxy) is 1. The smallest absolute Gasteiger partial charge is 0.0897 e. The van der Waals surface area contributed by atoms with Crippen molar-refractivity contribution < 1.29 is 9.84 Å². The summed E-state index contributed by atoms with van der Waals surface area (Å²) in [5.41, 5.74) is 0.515. The standard InChI is InChI=1S/C14H29NO2/c1-3-4-5-6-9-17-11-13(16)10-15-12-14(2)7-8-14/h13,15-16H,3-12H2,1-2H3. The quantitative estimate of drug-likeness (QED) is 0.547. The van der Waals surface area contributed by atoms with Gasteiger partial charge < -0.3 is 15.2 Å². The van der Waals surface area contributed by atoms with E-state index in [2.05, 4.69) is 19.2 Å². The van der Waals surface area contributed by atoms with Gasteiger partial charge >= 0.3 is 0 Å². The van der Waals surface area contributed by atoms with Gasteiger partial charge in [-0.25, -0.2) is 0 Å². The fraction of sp³-hybridized carbons (Fsp3) is 1.00. The van der Waals surface area contributed by atoms with Crippen LogP contribution in [-0.4, -0.2) is 37.5 Å². The van der Waals surface area contributed by atoms with Crippen molar-refractivity contribution in [2.75, 3.05) is 26.3 Å². The average Bonchev–Trinajstić information content (AvgIpc) is 3.02. The number of hydrogen-bond donors (Lipinski definition) is 2. The van der Waals surface area contributed by atoms with Gasteiger partial charge in [0.15, 0.2) is 0 Å². The van der Waals surface area contributed by atoms with Gasteiger partial charge in [0, 0.05) is 19.7 Å². The Labute approximate surface area is 106 Å². The van der Waals surface area contributed by atoms with Crippen molar-refractivity contribution in [3.8, 4) is 0 Å². The topological polar surface area (TPSA) is 41.5 Å². The van der Waals surface area contributed by atoms with E-state index in [9.17, 15) is 5.11 Å². The van der Waals surface area contributed by atoms with Gasteiger partial charge in [-0.3, -0.25) is 0 Å². The van der Waals surface area contributed by atoms with E-state index in [1.54, 1.807) is 0 Å². The lowest BCUT2D eigenvalue weighted by Crippen LogP contribution is -2.33. The summed E-state index contributed by atoms with van der Waals surface area (Å²) in [7, 11) is 0. The summed E-state index contributed by atoms with van der Waals surface area (Å²) in [6, 6.07) is 0. The van der Waals surface area contributed by atoms with Crippen molar-refractivity contribution in [2.24, 2.45) is 5.41 Å². The predicted molar refractivity (Wildman–Crippen MR) is 71.2 cm³/mol. The van der Waals surface area contributed by atoms with E-state index in [0.29, 0.717) is 18.6 Å². The van der Waals surface area contributed by atoms with Gasteiger partial charge in [0.25, 0.3) is 0 Å². The molecule has 1 rings (SSSR count). The molecule has 0 amide bonds. The molecule has 1 saturated carbocycles. The second kappa shape index (κ2) is 8.06. The van der Waals surface area contributed by atoms with Crippen molar-refractivity contribution in [3.63, 3.8) is 0 Å². The molecule has 0 radical (unpaired) electrons. The van der Waals surface area contributed by atoms with Crippen LogP contribution in [0.3, 0.4) is 0 Å². The van der Waals surface area contributed by atoms with E-state index >= 15 is 0 Å². The summed E-state index contributed by atoms with van der Waals surface area (Å²) in [6.07, 6.45) is 7.18. The van der Waals surface area contributed by atoms with Crippen LogP contribution >= 0.6 is 0 Å². The summed E-state index contributed by atoms with van der Waals surface area (Å²) in [5.74, 6) is 0. The van der Waals surface area contributed by atoms with E-state index in [4.69, 9.17) is 4.74 Å². The maximum Gasteiger partial charge on any atom is 0.0897 e. The SMILES string of the molecule is CCCCCCOCC(O)CNCC1(C)CC1. The number of hydrogen-bond acceptors (Lipinski definition) is 3. The molecule has 0 aromatic heterocycles. The van der Waals surface area contributed by atoms with Crippen molar-refractivity contribution >= 4 is 0 Å². The lowest BCUT2D eigenvalue weighted by atomic mass is 10.1. The molecular formula is C14H29NO2. The lowest BCUT2D eigenvalue weighted by molar-refractivity contribution is 0.0350. The van der Waals surface area contributed by atoms with Gasteiger partial charge in [-0.1, -0.05) is 33.1 Å². The highest BCUT2D eigenvalue weighted by molar-refractivity contribution is 4.90. The fourth-order valence-electron chi connectivity index (χ4n) is 1.84. The highest BCUT2D eigenvalue weighted by Gasteiger charge is 2.36. The first-order chi connectivity index (χ1) is 8.16. The second-order valence-electron chi connectivity index (χ2n) is 5.73. The molecule has 1 unspecified atom stereocenters. The first kappa shape index (κ1) is 14.9. The molecule has 0 heterocycles. The molecule has 17 heavy (non-hydrogen) atoms. The molecule has 1 aliphatic carbocycles. The molecule has 1 aliphatic rings. The predicted octanol–water partition coefficient (Wildman–Crippen LogP) is 2.33. The van der Waals surface area contributed by atoms with Crippen LogP contribution in [0.1, 0.15) is 52.4 Å². The first-order valence-corrected chi connectivity index (χ1v) is 7.13. The maximum atomic E-state index is 9.68. The summed E-state index contributed by atoms with van der Waals surface area (Å²) in [6.45, 7) is 7.43.